The molecule has 18 heavy (non-hydrogen) atoms. The maximum Gasteiger partial charge on any atom is 0.229 e. The molecule has 2 unspecified atom stereocenters. The van der Waals surface area contributed by atoms with Crippen LogP contribution in [0.5, 0.6) is 0 Å². The van der Waals surface area contributed by atoms with E-state index in [0.29, 0.717) is 17.9 Å². The van der Waals surface area contributed by atoms with Crippen molar-refractivity contribution in [2.75, 3.05) is 19.6 Å². The van der Waals surface area contributed by atoms with E-state index in [9.17, 15) is 9.59 Å². The number of likely N-dealkylation sites (tertiary alicyclic amines) is 2. The highest BCUT2D eigenvalue weighted by Crippen LogP contribution is 2.48. The fraction of sp³-hybridized carbons (Fsp3) is 0.857. The van der Waals surface area contributed by atoms with Crippen LogP contribution in [-0.4, -0.2) is 47.8 Å². The SMILES string of the molecule is CCCN1C(=O)C2(CCN(C=O)CC2)C(C)C1C. The van der Waals surface area contributed by atoms with Gasteiger partial charge in [0.2, 0.25) is 12.3 Å². The molecular weight excluding hydrogens is 228 g/mol. The highest BCUT2D eigenvalue weighted by Gasteiger charge is 2.55. The number of rotatable bonds is 3. The van der Waals surface area contributed by atoms with Crippen LogP contribution in [0.4, 0.5) is 0 Å². The molecule has 2 fully saturated rings. The van der Waals surface area contributed by atoms with Crippen molar-refractivity contribution in [3.05, 3.63) is 0 Å². The normalized spacial score (nSPS) is 31.2. The van der Waals surface area contributed by atoms with Crippen molar-refractivity contribution in [3.8, 4) is 0 Å². The summed E-state index contributed by atoms with van der Waals surface area (Å²) in [6.45, 7) is 8.81. The molecule has 2 atom stereocenters. The first-order valence-electron chi connectivity index (χ1n) is 7.07. The molecule has 0 aromatic rings. The molecule has 2 heterocycles. The first kappa shape index (κ1) is 13.4. The van der Waals surface area contributed by atoms with Crippen molar-refractivity contribution in [1.82, 2.24) is 9.80 Å². The van der Waals surface area contributed by atoms with Crippen LogP contribution in [0.2, 0.25) is 0 Å². The summed E-state index contributed by atoms with van der Waals surface area (Å²) >= 11 is 0. The van der Waals surface area contributed by atoms with Crippen LogP contribution in [0.1, 0.15) is 40.0 Å². The van der Waals surface area contributed by atoms with E-state index in [1.165, 1.54) is 0 Å². The molecule has 0 N–H and O–H groups in total. The minimum absolute atomic E-state index is 0.200. The van der Waals surface area contributed by atoms with E-state index in [4.69, 9.17) is 0 Å². The van der Waals surface area contributed by atoms with Gasteiger partial charge in [0.1, 0.15) is 0 Å². The zero-order chi connectivity index (χ0) is 13.3. The van der Waals surface area contributed by atoms with Crippen molar-refractivity contribution < 1.29 is 9.59 Å². The van der Waals surface area contributed by atoms with Gasteiger partial charge in [0.25, 0.3) is 0 Å². The number of hydrogen-bond acceptors (Lipinski definition) is 2. The van der Waals surface area contributed by atoms with Crippen molar-refractivity contribution in [3.63, 3.8) is 0 Å². The molecule has 4 nitrogen and oxygen atoms in total. The Labute approximate surface area is 109 Å². The molecule has 2 saturated heterocycles. The van der Waals surface area contributed by atoms with Gasteiger partial charge < -0.3 is 9.80 Å². The minimum Gasteiger partial charge on any atom is -0.345 e. The fourth-order valence-electron chi connectivity index (χ4n) is 3.64. The van der Waals surface area contributed by atoms with Crippen LogP contribution < -0.4 is 0 Å². The number of hydrogen-bond donors (Lipinski definition) is 0. The van der Waals surface area contributed by atoms with Gasteiger partial charge in [-0.25, -0.2) is 0 Å². The Morgan fingerprint density at radius 1 is 1.33 bits per heavy atom. The van der Waals surface area contributed by atoms with Crippen molar-refractivity contribution in [2.45, 2.75) is 46.1 Å². The van der Waals surface area contributed by atoms with Crippen LogP contribution in [0, 0.1) is 11.3 Å². The van der Waals surface area contributed by atoms with Gasteiger partial charge in [-0.2, -0.15) is 0 Å². The predicted octanol–water partition coefficient (Wildman–Crippen LogP) is 1.50. The van der Waals surface area contributed by atoms with E-state index < -0.39 is 0 Å². The Bertz CT molecular complexity index is 335. The van der Waals surface area contributed by atoms with Gasteiger partial charge >= 0.3 is 0 Å². The Balaban J connectivity index is 2.18. The molecule has 2 aliphatic heterocycles. The molecule has 2 rings (SSSR count). The molecule has 0 aliphatic carbocycles. The number of piperidine rings is 1. The molecule has 2 aliphatic rings. The average Bonchev–Trinajstić information content (AvgIpc) is 2.56. The summed E-state index contributed by atoms with van der Waals surface area (Å²) in [6.07, 6.45) is 3.58. The number of nitrogens with zero attached hydrogens (tertiary/aromatic N) is 2. The van der Waals surface area contributed by atoms with E-state index in [-0.39, 0.29) is 5.41 Å². The van der Waals surface area contributed by atoms with Gasteiger partial charge in [-0.3, -0.25) is 9.59 Å². The lowest BCUT2D eigenvalue weighted by Gasteiger charge is -2.39. The number of carbonyl (C=O) groups excluding carboxylic acids is 2. The van der Waals surface area contributed by atoms with Crippen LogP contribution in [0.25, 0.3) is 0 Å². The summed E-state index contributed by atoms with van der Waals surface area (Å²) in [7, 11) is 0. The van der Waals surface area contributed by atoms with E-state index >= 15 is 0 Å². The van der Waals surface area contributed by atoms with Crippen LogP contribution in [-0.2, 0) is 9.59 Å². The second-order valence-electron chi connectivity index (χ2n) is 5.83. The van der Waals surface area contributed by atoms with Crippen LogP contribution >= 0.6 is 0 Å². The molecule has 2 amide bonds. The molecule has 102 valence electrons. The zero-order valence-corrected chi connectivity index (χ0v) is 11.7. The summed E-state index contributed by atoms with van der Waals surface area (Å²) in [5.41, 5.74) is -0.200. The lowest BCUT2D eigenvalue weighted by molar-refractivity contribution is -0.141. The second kappa shape index (κ2) is 4.90. The van der Waals surface area contributed by atoms with Gasteiger partial charge in [0.15, 0.2) is 0 Å². The quantitative estimate of drug-likeness (QED) is 0.714. The van der Waals surface area contributed by atoms with E-state index in [1.54, 1.807) is 4.90 Å². The van der Waals surface area contributed by atoms with E-state index in [2.05, 4.69) is 25.7 Å². The molecular formula is C14H24N2O2. The monoisotopic (exact) mass is 252 g/mol. The number of amides is 2. The summed E-state index contributed by atoms with van der Waals surface area (Å²) in [4.78, 5) is 27.3. The van der Waals surface area contributed by atoms with Crippen LogP contribution in [0.15, 0.2) is 0 Å². The van der Waals surface area contributed by atoms with E-state index in [1.807, 2.05) is 0 Å². The lowest BCUT2D eigenvalue weighted by Crippen LogP contribution is -2.46. The van der Waals surface area contributed by atoms with Gasteiger partial charge in [-0.05, 0) is 32.1 Å². The summed E-state index contributed by atoms with van der Waals surface area (Å²) in [5.74, 6) is 0.722. The average molecular weight is 252 g/mol. The summed E-state index contributed by atoms with van der Waals surface area (Å²) < 4.78 is 0. The third-order valence-corrected chi connectivity index (χ3v) is 5.08. The molecule has 0 radical (unpaired) electrons. The maximum atomic E-state index is 12.7. The number of carbonyl (C=O) groups is 2. The Morgan fingerprint density at radius 3 is 2.44 bits per heavy atom. The summed E-state index contributed by atoms with van der Waals surface area (Å²) in [5, 5.41) is 0. The topological polar surface area (TPSA) is 40.6 Å². The first-order chi connectivity index (χ1) is 8.56. The van der Waals surface area contributed by atoms with Gasteiger partial charge in [0.05, 0.1) is 5.41 Å². The van der Waals surface area contributed by atoms with Crippen molar-refractivity contribution in [2.24, 2.45) is 11.3 Å². The molecule has 0 saturated carbocycles. The zero-order valence-electron chi connectivity index (χ0n) is 11.7. The largest absolute Gasteiger partial charge is 0.345 e. The van der Waals surface area contributed by atoms with Crippen LogP contribution in [0.3, 0.4) is 0 Å². The van der Waals surface area contributed by atoms with E-state index in [0.717, 1.165) is 45.3 Å². The highest BCUT2D eigenvalue weighted by atomic mass is 16.2. The van der Waals surface area contributed by atoms with Crippen molar-refractivity contribution in [1.29, 1.82) is 0 Å². The smallest absolute Gasteiger partial charge is 0.229 e. The highest BCUT2D eigenvalue weighted by molar-refractivity contribution is 5.86. The minimum atomic E-state index is -0.200. The summed E-state index contributed by atoms with van der Waals surface area (Å²) in [6, 6.07) is 0.334. The maximum absolute atomic E-state index is 12.7. The molecule has 4 heteroatoms. The molecule has 0 aromatic carbocycles. The molecule has 0 aromatic heterocycles. The van der Waals surface area contributed by atoms with Gasteiger partial charge in [-0.1, -0.05) is 13.8 Å². The second-order valence-corrected chi connectivity index (χ2v) is 5.83. The fourth-order valence-corrected chi connectivity index (χ4v) is 3.64. The molecule has 0 bridgehead atoms. The first-order valence-corrected chi connectivity index (χ1v) is 7.07. The van der Waals surface area contributed by atoms with Gasteiger partial charge in [0, 0.05) is 25.7 Å². The standard InChI is InChI=1S/C14H24N2O2/c1-4-7-16-12(3)11(2)14(13(16)18)5-8-15(10-17)9-6-14/h10-12H,4-9H2,1-3H3. The van der Waals surface area contributed by atoms with Crippen molar-refractivity contribution >= 4 is 12.3 Å². The Morgan fingerprint density at radius 2 is 1.94 bits per heavy atom. The predicted molar refractivity (Wildman–Crippen MR) is 69.9 cm³/mol. The Kier molecular flexibility index (Phi) is 3.64. The third kappa shape index (κ3) is 1.82. The van der Waals surface area contributed by atoms with Gasteiger partial charge in [-0.15, -0.1) is 0 Å². The third-order valence-electron chi connectivity index (χ3n) is 5.08. The lowest BCUT2D eigenvalue weighted by atomic mass is 9.69. The molecule has 1 spiro atoms. The Hall–Kier alpha value is -1.06.